The van der Waals surface area contributed by atoms with Gasteiger partial charge < -0.3 is 10.1 Å². The van der Waals surface area contributed by atoms with Crippen molar-refractivity contribution in [1.82, 2.24) is 10.3 Å². The number of pyridine rings is 1. The van der Waals surface area contributed by atoms with Crippen molar-refractivity contribution in [2.45, 2.75) is 26.2 Å². The van der Waals surface area contributed by atoms with Crippen LogP contribution in [-0.4, -0.2) is 30.6 Å². The van der Waals surface area contributed by atoms with Gasteiger partial charge in [0.15, 0.2) is 0 Å². The van der Waals surface area contributed by atoms with Crippen LogP contribution in [-0.2, 0) is 16.0 Å². The standard InChI is InChI=1S/C13H20N2O2/c1-2-3-10-17-13(16)11-15-9-6-12-4-7-14-8-5-12/h4-5,7-8,15H,2-3,6,9-11H2,1H3. The van der Waals surface area contributed by atoms with E-state index in [1.165, 1.54) is 5.56 Å². The molecule has 17 heavy (non-hydrogen) atoms. The maximum atomic E-state index is 11.2. The minimum atomic E-state index is -0.173. The summed E-state index contributed by atoms with van der Waals surface area (Å²) in [6.07, 6.45) is 6.42. The van der Waals surface area contributed by atoms with Gasteiger partial charge in [0.2, 0.25) is 0 Å². The molecule has 4 heteroatoms. The molecule has 1 N–H and O–H groups in total. The summed E-state index contributed by atoms with van der Waals surface area (Å²) in [5.41, 5.74) is 1.21. The van der Waals surface area contributed by atoms with E-state index in [9.17, 15) is 4.79 Å². The van der Waals surface area contributed by atoms with Crippen LogP contribution >= 0.6 is 0 Å². The number of ether oxygens (including phenoxy) is 1. The van der Waals surface area contributed by atoms with Crippen molar-refractivity contribution >= 4 is 5.97 Å². The number of aromatic nitrogens is 1. The number of carbonyl (C=O) groups excluding carboxylic acids is 1. The zero-order valence-corrected chi connectivity index (χ0v) is 10.3. The van der Waals surface area contributed by atoms with Crippen molar-refractivity contribution in [1.29, 1.82) is 0 Å². The lowest BCUT2D eigenvalue weighted by molar-refractivity contribution is -0.142. The Kier molecular flexibility index (Phi) is 6.98. The SMILES string of the molecule is CCCCOC(=O)CNCCc1ccncc1. The fraction of sp³-hybridized carbons (Fsp3) is 0.538. The lowest BCUT2D eigenvalue weighted by atomic mass is 10.2. The second-order valence-corrected chi connectivity index (χ2v) is 3.86. The summed E-state index contributed by atoms with van der Waals surface area (Å²) in [6, 6.07) is 3.95. The van der Waals surface area contributed by atoms with E-state index in [-0.39, 0.29) is 12.5 Å². The van der Waals surface area contributed by atoms with Crippen LogP contribution in [0.1, 0.15) is 25.3 Å². The number of rotatable bonds is 8. The van der Waals surface area contributed by atoms with Gasteiger partial charge in [0.25, 0.3) is 0 Å². The smallest absolute Gasteiger partial charge is 0.319 e. The van der Waals surface area contributed by atoms with Gasteiger partial charge in [-0.2, -0.15) is 0 Å². The predicted octanol–water partition coefficient (Wildman–Crippen LogP) is 1.56. The maximum Gasteiger partial charge on any atom is 0.319 e. The Bertz CT molecular complexity index is 314. The first-order valence-corrected chi connectivity index (χ1v) is 6.08. The van der Waals surface area contributed by atoms with E-state index in [0.717, 1.165) is 25.8 Å². The molecule has 0 amide bonds. The molecule has 94 valence electrons. The highest BCUT2D eigenvalue weighted by molar-refractivity contribution is 5.71. The second-order valence-electron chi connectivity index (χ2n) is 3.86. The van der Waals surface area contributed by atoms with E-state index in [1.807, 2.05) is 12.1 Å². The van der Waals surface area contributed by atoms with Gasteiger partial charge in [-0.1, -0.05) is 13.3 Å². The summed E-state index contributed by atoms with van der Waals surface area (Å²) in [4.78, 5) is 15.2. The van der Waals surface area contributed by atoms with E-state index in [0.29, 0.717) is 6.61 Å². The van der Waals surface area contributed by atoms with Crippen LogP contribution in [0.2, 0.25) is 0 Å². The van der Waals surface area contributed by atoms with Crippen molar-refractivity contribution < 1.29 is 9.53 Å². The summed E-state index contributed by atoms with van der Waals surface area (Å²) in [5.74, 6) is -0.173. The lowest BCUT2D eigenvalue weighted by Gasteiger charge is -2.05. The number of nitrogens with zero attached hydrogens (tertiary/aromatic N) is 1. The van der Waals surface area contributed by atoms with Crippen LogP contribution in [0.15, 0.2) is 24.5 Å². The monoisotopic (exact) mass is 236 g/mol. The lowest BCUT2D eigenvalue weighted by Crippen LogP contribution is -2.26. The topological polar surface area (TPSA) is 51.2 Å². The molecule has 1 aromatic rings. The molecule has 0 aliphatic carbocycles. The van der Waals surface area contributed by atoms with Gasteiger partial charge in [0.1, 0.15) is 0 Å². The molecule has 0 saturated heterocycles. The molecule has 1 aromatic heterocycles. The highest BCUT2D eigenvalue weighted by Crippen LogP contribution is 1.95. The average molecular weight is 236 g/mol. The predicted molar refractivity (Wildman–Crippen MR) is 66.7 cm³/mol. The highest BCUT2D eigenvalue weighted by atomic mass is 16.5. The molecule has 0 radical (unpaired) electrons. The van der Waals surface area contributed by atoms with Crippen LogP contribution in [0.5, 0.6) is 0 Å². The van der Waals surface area contributed by atoms with Crippen molar-refractivity contribution in [3.8, 4) is 0 Å². The van der Waals surface area contributed by atoms with Crippen molar-refractivity contribution in [3.63, 3.8) is 0 Å². The molecule has 0 unspecified atom stereocenters. The van der Waals surface area contributed by atoms with Gasteiger partial charge >= 0.3 is 5.97 Å². The molecule has 0 aliphatic heterocycles. The van der Waals surface area contributed by atoms with E-state index in [2.05, 4.69) is 17.2 Å². The molecule has 0 bridgehead atoms. The van der Waals surface area contributed by atoms with Crippen LogP contribution in [0.3, 0.4) is 0 Å². The third kappa shape index (κ3) is 6.68. The number of nitrogens with one attached hydrogen (secondary N) is 1. The summed E-state index contributed by atoms with van der Waals surface area (Å²) in [6.45, 7) is 3.66. The molecule has 0 fully saturated rings. The van der Waals surface area contributed by atoms with Gasteiger partial charge in [-0.15, -0.1) is 0 Å². The molecular formula is C13H20N2O2. The van der Waals surface area contributed by atoms with E-state index >= 15 is 0 Å². The summed E-state index contributed by atoms with van der Waals surface area (Å²) < 4.78 is 5.02. The molecule has 4 nitrogen and oxygen atoms in total. The molecule has 1 rings (SSSR count). The van der Waals surface area contributed by atoms with Gasteiger partial charge in [0.05, 0.1) is 13.2 Å². The summed E-state index contributed by atoms with van der Waals surface area (Å²) in [5, 5.41) is 3.07. The first-order valence-electron chi connectivity index (χ1n) is 6.08. The van der Waals surface area contributed by atoms with Crippen LogP contribution < -0.4 is 5.32 Å². The highest BCUT2D eigenvalue weighted by Gasteiger charge is 2.01. The Morgan fingerprint density at radius 1 is 1.41 bits per heavy atom. The summed E-state index contributed by atoms with van der Waals surface area (Å²) in [7, 11) is 0. The fourth-order valence-corrected chi connectivity index (χ4v) is 1.35. The van der Waals surface area contributed by atoms with E-state index < -0.39 is 0 Å². The van der Waals surface area contributed by atoms with E-state index in [4.69, 9.17) is 4.74 Å². The number of esters is 1. The Labute approximate surface area is 102 Å². The minimum absolute atomic E-state index is 0.173. The normalized spacial score (nSPS) is 10.2. The van der Waals surface area contributed by atoms with Gasteiger partial charge in [-0.05, 0) is 37.1 Å². The zero-order valence-electron chi connectivity index (χ0n) is 10.3. The van der Waals surface area contributed by atoms with Gasteiger partial charge in [-0.3, -0.25) is 9.78 Å². The number of carbonyl (C=O) groups is 1. The quantitative estimate of drug-likeness (QED) is 0.549. The Morgan fingerprint density at radius 2 is 2.18 bits per heavy atom. The number of unbranched alkanes of at least 4 members (excludes halogenated alkanes) is 1. The van der Waals surface area contributed by atoms with Crippen molar-refractivity contribution in [2.24, 2.45) is 0 Å². The maximum absolute atomic E-state index is 11.2. The molecule has 0 aliphatic rings. The minimum Gasteiger partial charge on any atom is -0.465 e. The third-order valence-corrected chi connectivity index (χ3v) is 2.37. The largest absolute Gasteiger partial charge is 0.465 e. The Balaban J connectivity index is 2.02. The second kappa shape index (κ2) is 8.70. The summed E-state index contributed by atoms with van der Waals surface area (Å²) >= 11 is 0. The fourth-order valence-electron chi connectivity index (χ4n) is 1.35. The molecule has 0 saturated carbocycles. The average Bonchev–Trinajstić information content (AvgIpc) is 2.36. The van der Waals surface area contributed by atoms with Gasteiger partial charge in [0, 0.05) is 12.4 Å². The zero-order chi connectivity index (χ0) is 12.3. The van der Waals surface area contributed by atoms with Crippen molar-refractivity contribution in [3.05, 3.63) is 30.1 Å². The van der Waals surface area contributed by atoms with Crippen LogP contribution in [0.25, 0.3) is 0 Å². The number of hydrogen-bond donors (Lipinski definition) is 1. The Morgan fingerprint density at radius 3 is 2.88 bits per heavy atom. The van der Waals surface area contributed by atoms with Crippen molar-refractivity contribution in [2.75, 3.05) is 19.7 Å². The Hall–Kier alpha value is -1.42. The first kappa shape index (κ1) is 13.6. The first-order chi connectivity index (χ1) is 8.33. The number of hydrogen-bond acceptors (Lipinski definition) is 4. The van der Waals surface area contributed by atoms with Crippen LogP contribution in [0, 0.1) is 0 Å². The molecule has 1 heterocycles. The van der Waals surface area contributed by atoms with Crippen LogP contribution in [0.4, 0.5) is 0 Å². The van der Waals surface area contributed by atoms with E-state index in [1.54, 1.807) is 12.4 Å². The molecule has 0 atom stereocenters. The molecular weight excluding hydrogens is 216 g/mol. The molecule has 0 aromatic carbocycles. The molecule has 0 spiro atoms. The third-order valence-electron chi connectivity index (χ3n) is 2.37. The van der Waals surface area contributed by atoms with Gasteiger partial charge in [-0.25, -0.2) is 0 Å².